The molecule has 1 aliphatic heterocycles. The third kappa shape index (κ3) is 3.18. The Labute approximate surface area is 142 Å². The van der Waals surface area contributed by atoms with Gasteiger partial charge in [0.2, 0.25) is 5.56 Å². The molecule has 4 rings (SSSR count). The van der Waals surface area contributed by atoms with Crippen molar-refractivity contribution in [3.8, 4) is 0 Å². The van der Waals surface area contributed by atoms with Crippen LogP contribution in [0.5, 0.6) is 0 Å². The lowest BCUT2D eigenvalue weighted by molar-refractivity contribution is 0.0853. The van der Waals surface area contributed by atoms with Crippen LogP contribution in [0, 0.1) is 6.92 Å². The van der Waals surface area contributed by atoms with E-state index in [0.29, 0.717) is 17.6 Å². The van der Waals surface area contributed by atoms with E-state index in [9.17, 15) is 4.79 Å². The number of aromatic nitrogens is 3. The summed E-state index contributed by atoms with van der Waals surface area (Å²) in [6.07, 6.45) is 3.90. The van der Waals surface area contributed by atoms with E-state index in [1.165, 1.54) is 0 Å². The lowest BCUT2D eigenvalue weighted by Gasteiger charge is -2.19. The Morgan fingerprint density at radius 1 is 1.29 bits per heavy atom. The highest BCUT2D eigenvalue weighted by Crippen LogP contribution is 2.33. The van der Waals surface area contributed by atoms with Gasteiger partial charge in [-0.15, -0.1) is 11.3 Å². The number of hydrogen-bond donors (Lipinski definition) is 2. The monoisotopic (exact) mass is 342 g/mol. The molecular formula is C17H18N4O2S. The summed E-state index contributed by atoms with van der Waals surface area (Å²) in [6.45, 7) is 3.51. The number of pyridine rings is 2. The molecule has 4 heterocycles. The number of nitrogens with one attached hydrogen (secondary N) is 2. The first kappa shape index (κ1) is 15.3. The van der Waals surface area contributed by atoms with Gasteiger partial charge in [0.15, 0.2) is 0 Å². The number of ether oxygens (including phenoxy) is 1. The molecule has 0 aromatic carbocycles. The highest BCUT2D eigenvalue weighted by molar-refractivity contribution is 7.18. The largest absolute Gasteiger partial charge is 0.381 e. The Kier molecular flexibility index (Phi) is 4.03. The van der Waals surface area contributed by atoms with E-state index in [0.717, 1.165) is 46.8 Å². The number of fused-ring (bicyclic) bond motifs is 1. The molecule has 3 aromatic heterocycles. The van der Waals surface area contributed by atoms with E-state index >= 15 is 0 Å². The summed E-state index contributed by atoms with van der Waals surface area (Å²) in [5, 5.41) is 4.31. The predicted octanol–water partition coefficient (Wildman–Crippen LogP) is 3.33. The minimum atomic E-state index is -0.131. The maximum absolute atomic E-state index is 11.6. The number of aromatic amines is 1. The van der Waals surface area contributed by atoms with Crippen LogP contribution in [-0.4, -0.2) is 28.2 Å². The fourth-order valence-corrected chi connectivity index (χ4v) is 4.01. The third-order valence-corrected chi connectivity index (χ3v) is 5.28. The van der Waals surface area contributed by atoms with Crippen LogP contribution in [0.1, 0.15) is 29.3 Å². The number of nitrogens with zero attached hydrogens (tertiary/aromatic N) is 2. The molecule has 2 N–H and O–H groups in total. The Balaban J connectivity index is 1.61. The van der Waals surface area contributed by atoms with E-state index in [4.69, 9.17) is 9.72 Å². The zero-order valence-corrected chi connectivity index (χ0v) is 14.2. The van der Waals surface area contributed by atoms with Crippen molar-refractivity contribution in [2.45, 2.75) is 25.7 Å². The molecule has 1 fully saturated rings. The lowest BCUT2D eigenvalue weighted by atomic mass is 10.0. The van der Waals surface area contributed by atoms with Crippen LogP contribution >= 0.6 is 11.3 Å². The highest BCUT2D eigenvalue weighted by Gasteiger charge is 2.19. The van der Waals surface area contributed by atoms with E-state index in [2.05, 4.69) is 15.3 Å². The van der Waals surface area contributed by atoms with Crippen molar-refractivity contribution in [3.05, 3.63) is 45.3 Å². The van der Waals surface area contributed by atoms with Gasteiger partial charge in [-0.1, -0.05) is 0 Å². The second-order valence-electron chi connectivity index (χ2n) is 6.04. The number of anilines is 2. The number of hydrogen-bond acceptors (Lipinski definition) is 6. The molecule has 1 aliphatic rings. The van der Waals surface area contributed by atoms with Crippen LogP contribution in [-0.2, 0) is 4.74 Å². The van der Waals surface area contributed by atoms with Gasteiger partial charge in [-0.2, -0.15) is 0 Å². The summed E-state index contributed by atoms with van der Waals surface area (Å²) in [7, 11) is 0. The van der Waals surface area contributed by atoms with Crippen LogP contribution in [0.25, 0.3) is 10.2 Å². The molecular weight excluding hydrogens is 324 g/mol. The number of aryl methyl sites for hydroxylation is 1. The summed E-state index contributed by atoms with van der Waals surface area (Å²) in [5.74, 6) is 1.79. The van der Waals surface area contributed by atoms with Crippen molar-refractivity contribution >= 4 is 33.2 Å². The number of H-pyrrole nitrogens is 1. The molecule has 0 amide bonds. The van der Waals surface area contributed by atoms with Crippen molar-refractivity contribution in [1.82, 2.24) is 15.0 Å². The zero-order valence-electron chi connectivity index (χ0n) is 13.3. The van der Waals surface area contributed by atoms with E-state index in [1.807, 2.05) is 25.3 Å². The van der Waals surface area contributed by atoms with E-state index in [-0.39, 0.29) is 5.56 Å². The molecule has 0 unspecified atom stereocenters. The van der Waals surface area contributed by atoms with Gasteiger partial charge in [-0.05, 0) is 31.4 Å². The smallest absolute Gasteiger partial charge is 0.249 e. The molecule has 0 bridgehead atoms. The fourth-order valence-electron chi connectivity index (χ4n) is 2.93. The summed E-state index contributed by atoms with van der Waals surface area (Å²) in [4.78, 5) is 23.5. The van der Waals surface area contributed by atoms with Crippen LogP contribution in [0.4, 0.5) is 11.6 Å². The quantitative estimate of drug-likeness (QED) is 0.763. The van der Waals surface area contributed by atoms with Crippen molar-refractivity contribution in [3.63, 3.8) is 0 Å². The Bertz CT molecular complexity index is 928. The van der Waals surface area contributed by atoms with Crippen molar-refractivity contribution in [2.75, 3.05) is 18.5 Å². The molecule has 124 valence electrons. The van der Waals surface area contributed by atoms with Crippen LogP contribution in [0.2, 0.25) is 0 Å². The SMILES string of the molecule is Cc1cc(Nc2cc3nc(C4CCOCC4)sc3cn2)[nH]c(=O)c1. The third-order valence-electron chi connectivity index (χ3n) is 4.11. The maximum Gasteiger partial charge on any atom is 0.249 e. The van der Waals surface area contributed by atoms with E-state index < -0.39 is 0 Å². The molecule has 3 aromatic rings. The Morgan fingerprint density at radius 3 is 2.92 bits per heavy atom. The zero-order chi connectivity index (χ0) is 16.5. The average Bonchev–Trinajstić information content (AvgIpc) is 2.98. The fraction of sp³-hybridized carbons (Fsp3) is 0.353. The molecule has 1 saturated heterocycles. The van der Waals surface area contributed by atoms with Crippen molar-refractivity contribution in [2.24, 2.45) is 0 Å². The molecule has 0 atom stereocenters. The summed E-state index contributed by atoms with van der Waals surface area (Å²) >= 11 is 1.71. The lowest BCUT2D eigenvalue weighted by Crippen LogP contribution is -2.13. The highest BCUT2D eigenvalue weighted by atomic mass is 32.1. The molecule has 7 heteroatoms. The first-order valence-corrected chi connectivity index (χ1v) is 8.81. The van der Waals surface area contributed by atoms with Gasteiger partial charge in [-0.3, -0.25) is 4.79 Å². The van der Waals surface area contributed by atoms with Gasteiger partial charge >= 0.3 is 0 Å². The number of rotatable bonds is 3. The minimum Gasteiger partial charge on any atom is -0.381 e. The van der Waals surface area contributed by atoms with Crippen LogP contribution in [0.15, 0.2) is 29.2 Å². The van der Waals surface area contributed by atoms with Gasteiger partial charge in [0.25, 0.3) is 0 Å². The van der Waals surface area contributed by atoms with Crippen molar-refractivity contribution in [1.29, 1.82) is 0 Å². The molecule has 0 saturated carbocycles. The Hall–Kier alpha value is -2.25. The maximum atomic E-state index is 11.6. The average molecular weight is 342 g/mol. The first-order valence-electron chi connectivity index (χ1n) is 7.99. The van der Waals surface area contributed by atoms with Gasteiger partial charge < -0.3 is 15.0 Å². The molecule has 6 nitrogen and oxygen atoms in total. The minimum absolute atomic E-state index is 0.131. The number of thiazole rings is 1. The van der Waals surface area contributed by atoms with Crippen LogP contribution in [0.3, 0.4) is 0 Å². The second-order valence-corrected chi connectivity index (χ2v) is 7.10. The summed E-state index contributed by atoms with van der Waals surface area (Å²) in [6, 6.07) is 5.36. The molecule has 0 aliphatic carbocycles. The summed E-state index contributed by atoms with van der Waals surface area (Å²) in [5.41, 5.74) is 1.71. The predicted molar refractivity (Wildman–Crippen MR) is 95.3 cm³/mol. The first-order chi connectivity index (χ1) is 11.7. The van der Waals surface area contributed by atoms with Gasteiger partial charge in [0.1, 0.15) is 11.6 Å². The standard InChI is InChI=1S/C17H18N4O2S/c1-10-6-15(21-16(22)7-10)20-14-8-12-13(9-18-14)24-17(19-12)11-2-4-23-5-3-11/h6-9,11H,2-5H2,1H3,(H2,18,20,21,22). The molecule has 24 heavy (non-hydrogen) atoms. The normalized spacial score (nSPS) is 15.7. The van der Waals surface area contributed by atoms with Crippen molar-refractivity contribution < 1.29 is 4.74 Å². The van der Waals surface area contributed by atoms with Gasteiger partial charge in [-0.25, -0.2) is 9.97 Å². The van der Waals surface area contributed by atoms with Crippen LogP contribution < -0.4 is 10.9 Å². The topological polar surface area (TPSA) is 79.9 Å². The molecule has 0 radical (unpaired) electrons. The summed E-state index contributed by atoms with van der Waals surface area (Å²) < 4.78 is 6.51. The van der Waals surface area contributed by atoms with Gasteiger partial charge in [0, 0.05) is 37.5 Å². The van der Waals surface area contributed by atoms with E-state index in [1.54, 1.807) is 17.4 Å². The Morgan fingerprint density at radius 2 is 2.12 bits per heavy atom. The van der Waals surface area contributed by atoms with Gasteiger partial charge in [0.05, 0.1) is 15.2 Å². The molecule has 0 spiro atoms. The second kappa shape index (κ2) is 6.33.